The zero-order chi connectivity index (χ0) is 12.7. The normalized spacial score (nSPS) is 20.0. The number of carbonyl (C=O) groups excluding carboxylic acids is 1. The van der Waals surface area contributed by atoms with Crippen LogP contribution < -0.4 is 10.6 Å². The Kier molecular flexibility index (Phi) is 2.79. The fraction of sp³-hybridized carbons (Fsp3) is 0.364. The summed E-state index contributed by atoms with van der Waals surface area (Å²) in [7, 11) is 0. The number of pyridine rings is 1. The van der Waals surface area contributed by atoms with Gasteiger partial charge < -0.3 is 5.73 Å². The molecule has 1 atom stereocenters. The summed E-state index contributed by atoms with van der Waals surface area (Å²) in [5, 5.41) is 4.34. The first kappa shape index (κ1) is 11.6. The Hall–Kier alpha value is -1.47. The number of rotatable bonds is 2. The SMILES string of the molecule is NCC1CC(=O)N(c2nc3cccc(Br)n3n2)C1. The average molecular weight is 310 g/mol. The van der Waals surface area contributed by atoms with E-state index in [-0.39, 0.29) is 11.8 Å². The number of halogens is 1. The van der Waals surface area contributed by atoms with Gasteiger partial charge in [-0.15, -0.1) is 5.10 Å². The lowest BCUT2D eigenvalue weighted by Gasteiger charge is -2.10. The highest BCUT2D eigenvalue weighted by atomic mass is 79.9. The van der Waals surface area contributed by atoms with Crippen LogP contribution in [0.25, 0.3) is 5.65 Å². The van der Waals surface area contributed by atoms with Gasteiger partial charge in [-0.05, 0) is 40.5 Å². The highest BCUT2D eigenvalue weighted by Gasteiger charge is 2.32. The van der Waals surface area contributed by atoms with E-state index < -0.39 is 0 Å². The van der Waals surface area contributed by atoms with Crippen molar-refractivity contribution in [2.75, 3.05) is 18.0 Å². The lowest BCUT2D eigenvalue weighted by atomic mass is 10.1. The highest BCUT2D eigenvalue weighted by Crippen LogP contribution is 2.23. The van der Waals surface area contributed by atoms with E-state index in [0.29, 0.717) is 31.1 Å². The number of amides is 1. The fourth-order valence-corrected chi connectivity index (χ4v) is 2.52. The molecule has 2 aromatic rings. The number of aromatic nitrogens is 3. The van der Waals surface area contributed by atoms with Crippen LogP contribution in [0.3, 0.4) is 0 Å². The zero-order valence-electron chi connectivity index (χ0n) is 9.58. The van der Waals surface area contributed by atoms with Crippen LogP contribution in [0.4, 0.5) is 5.95 Å². The van der Waals surface area contributed by atoms with Crippen molar-refractivity contribution in [3.63, 3.8) is 0 Å². The maximum atomic E-state index is 11.9. The van der Waals surface area contributed by atoms with Gasteiger partial charge in [0.1, 0.15) is 4.60 Å². The summed E-state index contributed by atoms with van der Waals surface area (Å²) < 4.78 is 2.47. The average Bonchev–Trinajstić information content (AvgIpc) is 2.93. The van der Waals surface area contributed by atoms with E-state index in [1.165, 1.54) is 0 Å². The van der Waals surface area contributed by atoms with Crippen LogP contribution in [0.1, 0.15) is 6.42 Å². The maximum absolute atomic E-state index is 11.9. The highest BCUT2D eigenvalue weighted by molar-refractivity contribution is 9.10. The number of hydrogen-bond acceptors (Lipinski definition) is 4. The first-order valence-corrected chi connectivity index (χ1v) is 6.50. The van der Waals surface area contributed by atoms with Gasteiger partial charge in [0.2, 0.25) is 5.91 Å². The number of anilines is 1. The molecule has 7 heteroatoms. The smallest absolute Gasteiger partial charge is 0.252 e. The molecule has 2 aromatic heterocycles. The molecule has 0 aromatic carbocycles. The zero-order valence-corrected chi connectivity index (χ0v) is 11.2. The minimum atomic E-state index is 0.0393. The summed E-state index contributed by atoms with van der Waals surface area (Å²) in [6, 6.07) is 5.61. The van der Waals surface area contributed by atoms with E-state index >= 15 is 0 Å². The van der Waals surface area contributed by atoms with Crippen molar-refractivity contribution in [1.29, 1.82) is 0 Å². The number of carbonyl (C=O) groups is 1. The molecule has 94 valence electrons. The summed E-state index contributed by atoms with van der Waals surface area (Å²) in [5.41, 5.74) is 6.31. The molecular formula is C11H12BrN5O. The van der Waals surface area contributed by atoms with Gasteiger partial charge in [-0.25, -0.2) is 4.52 Å². The van der Waals surface area contributed by atoms with Gasteiger partial charge in [-0.3, -0.25) is 9.69 Å². The van der Waals surface area contributed by atoms with Crippen LogP contribution in [0.2, 0.25) is 0 Å². The van der Waals surface area contributed by atoms with Gasteiger partial charge in [-0.2, -0.15) is 4.98 Å². The van der Waals surface area contributed by atoms with Gasteiger partial charge in [-0.1, -0.05) is 6.07 Å². The minimum Gasteiger partial charge on any atom is -0.330 e. The van der Waals surface area contributed by atoms with Crippen molar-refractivity contribution >= 4 is 33.4 Å². The van der Waals surface area contributed by atoms with Crippen LogP contribution in [-0.2, 0) is 4.79 Å². The molecule has 0 saturated carbocycles. The van der Waals surface area contributed by atoms with Crippen LogP contribution in [0.15, 0.2) is 22.8 Å². The van der Waals surface area contributed by atoms with Crippen molar-refractivity contribution < 1.29 is 4.79 Å². The van der Waals surface area contributed by atoms with Crippen LogP contribution >= 0.6 is 15.9 Å². The predicted molar refractivity (Wildman–Crippen MR) is 70.2 cm³/mol. The quantitative estimate of drug-likeness (QED) is 0.833. The molecule has 1 aliphatic rings. The van der Waals surface area contributed by atoms with Crippen molar-refractivity contribution in [1.82, 2.24) is 14.6 Å². The molecule has 1 aliphatic heterocycles. The van der Waals surface area contributed by atoms with Crippen LogP contribution in [0.5, 0.6) is 0 Å². The molecule has 6 nitrogen and oxygen atoms in total. The molecule has 1 unspecified atom stereocenters. The first-order chi connectivity index (χ1) is 8.69. The van der Waals surface area contributed by atoms with E-state index in [4.69, 9.17) is 5.73 Å². The molecule has 2 N–H and O–H groups in total. The number of nitrogens with zero attached hydrogens (tertiary/aromatic N) is 4. The largest absolute Gasteiger partial charge is 0.330 e. The molecule has 0 aliphatic carbocycles. The Morgan fingerprint density at radius 2 is 2.33 bits per heavy atom. The standard InChI is InChI=1S/C11H12BrN5O/c12-8-2-1-3-9-14-11(15-17(8)9)16-6-7(5-13)4-10(16)18/h1-3,7H,4-6,13H2. The molecule has 1 amide bonds. The van der Waals surface area contributed by atoms with Gasteiger partial charge in [0.15, 0.2) is 5.65 Å². The molecule has 1 fully saturated rings. The van der Waals surface area contributed by atoms with Crippen molar-refractivity contribution in [3.8, 4) is 0 Å². The Bertz CT molecular complexity index is 610. The Morgan fingerprint density at radius 3 is 3.00 bits per heavy atom. The second kappa shape index (κ2) is 4.33. The molecule has 0 bridgehead atoms. The van der Waals surface area contributed by atoms with Crippen LogP contribution in [0, 0.1) is 5.92 Å². The lowest BCUT2D eigenvalue weighted by molar-refractivity contribution is -0.117. The summed E-state index contributed by atoms with van der Waals surface area (Å²) in [6.07, 6.45) is 0.479. The van der Waals surface area contributed by atoms with Crippen molar-refractivity contribution in [2.45, 2.75) is 6.42 Å². The van der Waals surface area contributed by atoms with Crippen LogP contribution in [-0.4, -0.2) is 33.6 Å². The van der Waals surface area contributed by atoms with Gasteiger partial charge in [0.05, 0.1) is 0 Å². The van der Waals surface area contributed by atoms with Gasteiger partial charge in [0, 0.05) is 13.0 Å². The molecule has 3 heterocycles. The van der Waals surface area contributed by atoms with Gasteiger partial charge >= 0.3 is 0 Å². The molecule has 0 radical (unpaired) electrons. The summed E-state index contributed by atoms with van der Waals surface area (Å²) >= 11 is 3.40. The second-order valence-corrected chi connectivity index (χ2v) is 5.15. The van der Waals surface area contributed by atoms with E-state index in [1.54, 1.807) is 9.42 Å². The third-order valence-electron chi connectivity index (χ3n) is 3.08. The van der Waals surface area contributed by atoms with Crippen molar-refractivity contribution in [3.05, 3.63) is 22.8 Å². The monoisotopic (exact) mass is 309 g/mol. The molecular weight excluding hydrogens is 298 g/mol. The van der Waals surface area contributed by atoms with E-state index in [9.17, 15) is 4.79 Å². The Morgan fingerprint density at radius 1 is 1.50 bits per heavy atom. The summed E-state index contributed by atoms with van der Waals surface area (Å²) in [5.74, 6) is 0.688. The third-order valence-corrected chi connectivity index (χ3v) is 3.68. The second-order valence-electron chi connectivity index (χ2n) is 4.34. The third kappa shape index (κ3) is 1.79. The molecule has 18 heavy (non-hydrogen) atoms. The first-order valence-electron chi connectivity index (χ1n) is 5.71. The topological polar surface area (TPSA) is 76.5 Å². The predicted octanol–water partition coefficient (Wildman–Crippen LogP) is 0.803. The van der Waals surface area contributed by atoms with E-state index in [0.717, 1.165) is 4.60 Å². The maximum Gasteiger partial charge on any atom is 0.252 e. The molecule has 0 spiro atoms. The number of fused-ring (bicyclic) bond motifs is 1. The number of nitrogens with two attached hydrogens (primary N) is 1. The summed E-state index contributed by atoms with van der Waals surface area (Å²) in [6.45, 7) is 1.11. The number of hydrogen-bond donors (Lipinski definition) is 1. The molecule has 1 saturated heterocycles. The van der Waals surface area contributed by atoms with E-state index in [2.05, 4.69) is 26.0 Å². The molecule has 3 rings (SSSR count). The Labute approximate surface area is 112 Å². The van der Waals surface area contributed by atoms with Crippen molar-refractivity contribution in [2.24, 2.45) is 11.7 Å². The van der Waals surface area contributed by atoms with E-state index in [1.807, 2.05) is 18.2 Å². The minimum absolute atomic E-state index is 0.0393. The van der Waals surface area contributed by atoms with Gasteiger partial charge in [0.25, 0.3) is 5.95 Å². The fourth-order valence-electron chi connectivity index (χ4n) is 2.11. The summed E-state index contributed by atoms with van der Waals surface area (Å²) in [4.78, 5) is 17.8. The Balaban J connectivity index is 2.00. The lowest BCUT2D eigenvalue weighted by Crippen LogP contribution is -2.26.